The zero-order valence-electron chi connectivity index (χ0n) is 11.1. The molecule has 112 valence electrons. The normalized spacial score (nSPS) is 25.4. The van der Waals surface area contributed by atoms with Crippen LogP contribution in [0.4, 0.5) is 0 Å². The lowest BCUT2D eigenvalue weighted by molar-refractivity contribution is -0.189. The maximum Gasteiger partial charge on any atom is 0.215 e. The molecule has 5 nitrogen and oxygen atoms in total. The van der Waals surface area contributed by atoms with E-state index in [9.17, 15) is 5.11 Å². The van der Waals surface area contributed by atoms with Gasteiger partial charge in [0.1, 0.15) is 6.10 Å². The van der Waals surface area contributed by atoms with Crippen molar-refractivity contribution < 1.29 is 14.6 Å². The van der Waals surface area contributed by atoms with Crippen molar-refractivity contribution in [3.63, 3.8) is 0 Å². The zero-order valence-corrected chi connectivity index (χ0v) is 12.6. The minimum Gasteiger partial charge on any atom is -0.394 e. The van der Waals surface area contributed by atoms with E-state index in [1.807, 2.05) is 10.8 Å². The number of nitrogens with zero attached hydrogens (tertiary/aromatic N) is 2. The van der Waals surface area contributed by atoms with Gasteiger partial charge in [0, 0.05) is 23.0 Å². The molecule has 0 unspecified atom stereocenters. The van der Waals surface area contributed by atoms with Crippen LogP contribution in [0.5, 0.6) is 0 Å². The summed E-state index contributed by atoms with van der Waals surface area (Å²) in [5.74, 6) is -1.06. The monoisotopic (exact) mass is 328 g/mol. The topological polar surface area (TPSA) is 56.5 Å². The Kier molecular flexibility index (Phi) is 4.19. The standard InChI is InChI=1S/C14H14Cl2N2O3/c15-10-1-2-12(13(16)5-10)14(8-18-4-3-17-9-18)20-7-11(6-19)21-14/h1-5,9,11,19H,6-8H2/t11-,14+/m1/s1. The minimum absolute atomic E-state index is 0.114. The van der Waals surface area contributed by atoms with Gasteiger partial charge in [0.2, 0.25) is 5.79 Å². The maximum atomic E-state index is 9.31. The number of ether oxygens (including phenoxy) is 2. The molecule has 0 amide bonds. The lowest BCUT2D eigenvalue weighted by atomic mass is 10.1. The molecule has 0 aliphatic carbocycles. The predicted octanol–water partition coefficient (Wildman–Crippen LogP) is 2.45. The third-order valence-electron chi connectivity index (χ3n) is 3.35. The summed E-state index contributed by atoms with van der Waals surface area (Å²) in [4.78, 5) is 4.01. The molecular formula is C14H14Cl2N2O3. The summed E-state index contributed by atoms with van der Waals surface area (Å²) in [5, 5.41) is 10.3. The van der Waals surface area contributed by atoms with Crippen LogP contribution in [0.25, 0.3) is 0 Å². The van der Waals surface area contributed by atoms with Crippen molar-refractivity contribution >= 4 is 23.2 Å². The van der Waals surface area contributed by atoms with E-state index in [2.05, 4.69) is 4.98 Å². The fourth-order valence-electron chi connectivity index (χ4n) is 2.38. The summed E-state index contributed by atoms with van der Waals surface area (Å²) in [6.45, 7) is 0.561. The van der Waals surface area contributed by atoms with Crippen LogP contribution >= 0.6 is 23.2 Å². The molecule has 7 heteroatoms. The number of benzene rings is 1. The Hall–Kier alpha value is -1.11. The molecule has 0 bridgehead atoms. The van der Waals surface area contributed by atoms with E-state index in [0.717, 1.165) is 0 Å². The van der Waals surface area contributed by atoms with E-state index in [0.29, 0.717) is 28.8 Å². The zero-order chi connectivity index (χ0) is 14.9. The van der Waals surface area contributed by atoms with Crippen LogP contribution in [0, 0.1) is 0 Å². The summed E-state index contributed by atoms with van der Waals surface area (Å²) >= 11 is 12.2. The summed E-state index contributed by atoms with van der Waals surface area (Å²) in [7, 11) is 0. The van der Waals surface area contributed by atoms with Crippen LogP contribution in [0.3, 0.4) is 0 Å². The van der Waals surface area contributed by atoms with Crippen molar-refractivity contribution in [3.05, 3.63) is 52.5 Å². The fraction of sp³-hybridized carbons (Fsp3) is 0.357. The Bertz CT molecular complexity index is 621. The molecule has 0 radical (unpaired) electrons. The third-order valence-corrected chi connectivity index (χ3v) is 3.90. The van der Waals surface area contributed by atoms with Crippen LogP contribution in [0.1, 0.15) is 5.56 Å². The van der Waals surface area contributed by atoms with Crippen molar-refractivity contribution in [2.24, 2.45) is 0 Å². The first-order chi connectivity index (χ1) is 10.1. The number of aromatic nitrogens is 2. The van der Waals surface area contributed by atoms with Crippen molar-refractivity contribution in [2.75, 3.05) is 13.2 Å². The van der Waals surface area contributed by atoms with Gasteiger partial charge in [-0.05, 0) is 12.1 Å². The van der Waals surface area contributed by atoms with E-state index >= 15 is 0 Å². The Morgan fingerprint density at radius 2 is 2.29 bits per heavy atom. The Labute approximate surface area is 132 Å². The number of halogens is 2. The van der Waals surface area contributed by atoms with Crippen LogP contribution in [-0.4, -0.2) is 34.0 Å². The number of rotatable bonds is 4. The highest BCUT2D eigenvalue weighted by Crippen LogP contribution is 2.40. The predicted molar refractivity (Wildman–Crippen MR) is 78.3 cm³/mol. The lowest BCUT2D eigenvalue weighted by Gasteiger charge is -2.29. The molecule has 2 atom stereocenters. The largest absolute Gasteiger partial charge is 0.394 e. The van der Waals surface area contributed by atoms with Gasteiger partial charge < -0.3 is 19.1 Å². The first-order valence-electron chi connectivity index (χ1n) is 6.47. The Balaban J connectivity index is 1.99. The van der Waals surface area contributed by atoms with Crippen molar-refractivity contribution in [1.29, 1.82) is 0 Å². The van der Waals surface area contributed by atoms with Crippen LogP contribution < -0.4 is 0 Å². The van der Waals surface area contributed by atoms with Crippen LogP contribution in [-0.2, 0) is 21.8 Å². The highest BCUT2D eigenvalue weighted by atomic mass is 35.5. The number of hydrogen-bond acceptors (Lipinski definition) is 4. The molecule has 0 spiro atoms. The van der Waals surface area contributed by atoms with Crippen molar-refractivity contribution in [2.45, 2.75) is 18.4 Å². The van der Waals surface area contributed by atoms with Gasteiger partial charge in [0.15, 0.2) is 0 Å². The summed E-state index contributed by atoms with van der Waals surface area (Å²) in [6.07, 6.45) is 4.77. The quantitative estimate of drug-likeness (QED) is 0.936. The number of aliphatic hydroxyl groups excluding tert-OH is 1. The van der Waals surface area contributed by atoms with Gasteiger partial charge in [-0.25, -0.2) is 4.98 Å². The lowest BCUT2D eigenvalue weighted by Crippen LogP contribution is -2.34. The molecule has 1 aromatic heterocycles. The Morgan fingerprint density at radius 1 is 1.43 bits per heavy atom. The molecule has 2 heterocycles. The Morgan fingerprint density at radius 3 is 2.90 bits per heavy atom. The summed E-state index contributed by atoms with van der Waals surface area (Å²) in [5.41, 5.74) is 0.679. The van der Waals surface area contributed by atoms with E-state index in [4.69, 9.17) is 32.7 Å². The van der Waals surface area contributed by atoms with Gasteiger partial charge >= 0.3 is 0 Å². The molecule has 1 N–H and O–H groups in total. The molecule has 1 aliphatic heterocycles. The van der Waals surface area contributed by atoms with Crippen molar-refractivity contribution in [3.8, 4) is 0 Å². The number of hydrogen-bond donors (Lipinski definition) is 1. The van der Waals surface area contributed by atoms with Gasteiger partial charge in [-0.15, -0.1) is 0 Å². The second-order valence-corrected chi connectivity index (χ2v) is 5.69. The van der Waals surface area contributed by atoms with Gasteiger partial charge in [-0.1, -0.05) is 29.3 Å². The van der Waals surface area contributed by atoms with Gasteiger partial charge in [-0.3, -0.25) is 0 Å². The van der Waals surface area contributed by atoms with E-state index in [1.165, 1.54) is 0 Å². The molecule has 21 heavy (non-hydrogen) atoms. The van der Waals surface area contributed by atoms with E-state index in [-0.39, 0.29) is 12.7 Å². The summed E-state index contributed by atoms with van der Waals surface area (Å²) in [6, 6.07) is 5.16. The third kappa shape index (κ3) is 2.93. The van der Waals surface area contributed by atoms with Gasteiger partial charge in [-0.2, -0.15) is 0 Å². The van der Waals surface area contributed by atoms with E-state index < -0.39 is 5.79 Å². The average Bonchev–Trinajstić information content (AvgIpc) is 3.09. The fourth-order valence-corrected chi connectivity index (χ4v) is 2.94. The molecular weight excluding hydrogens is 315 g/mol. The second-order valence-electron chi connectivity index (χ2n) is 4.85. The molecule has 2 aromatic rings. The van der Waals surface area contributed by atoms with Crippen LogP contribution in [0.15, 0.2) is 36.9 Å². The molecule has 1 aliphatic rings. The van der Waals surface area contributed by atoms with Crippen molar-refractivity contribution in [1.82, 2.24) is 9.55 Å². The molecule has 1 aromatic carbocycles. The number of aliphatic hydroxyl groups is 1. The first-order valence-corrected chi connectivity index (χ1v) is 7.22. The molecule has 0 saturated carbocycles. The molecule has 3 rings (SSSR count). The average molecular weight is 329 g/mol. The smallest absolute Gasteiger partial charge is 0.215 e. The summed E-state index contributed by atoms with van der Waals surface area (Å²) < 4.78 is 13.6. The highest BCUT2D eigenvalue weighted by molar-refractivity contribution is 6.35. The second kappa shape index (κ2) is 5.94. The number of imidazole rings is 1. The SMILES string of the molecule is OC[C@@H]1CO[C@](Cn2ccnc2)(c2ccc(Cl)cc2Cl)O1. The molecule has 1 fully saturated rings. The van der Waals surface area contributed by atoms with Gasteiger partial charge in [0.25, 0.3) is 0 Å². The van der Waals surface area contributed by atoms with Gasteiger partial charge in [0.05, 0.1) is 31.1 Å². The van der Waals surface area contributed by atoms with Crippen LogP contribution in [0.2, 0.25) is 10.0 Å². The molecule has 1 saturated heterocycles. The minimum atomic E-state index is -1.06. The maximum absolute atomic E-state index is 9.31. The van der Waals surface area contributed by atoms with E-state index in [1.54, 1.807) is 30.7 Å². The first kappa shape index (κ1) is 14.8. The highest BCUT2D eigenvalue weighted by Gasteiger charge is 2.44.